The Bertz CT molecular complexity index is 611. The van der Waals surface area contributed by atoms with Gasteiger partial charge >= 0.3 is 0 Å². The van der Waals surface area contributed by atoms with E-state index in [1.54, 1.807) is 0 Å². The van der Waals surface area contributed by atoms with Crippen molar-refractivity contribution < 1.29 is 4.79 Å². The lowest BCUT2D eigenvalue weighted by molar-refractivity contribution is -0.137. The molecule has 1 aromatic heterocycles. The molecule has 1 saturated carbocycles. The summed E-state index contributed by atoms with van der Waals surface area (Å²) < 4.78 is 0. The smallest absolute Gasteiger partial charge is 0.226 e. The number of hydrogen-bond acceptors (Lipinski definition) is 3. The molecule has 4 nitrogen and oxygen atoms in total. The summed E-state index contributed by atoms with van der Waals surface area (Å²) in [4.78, 5) is 22.3. The number of likely N-dealkylation sites (tertiary alicyclic amines) is 2. The Balaban J connectivity index is 1.44. The number of amides is 1. The van der Waals surface area contributed by atoms with Crippen molar-refractivity contribution in [1.29, 1.82) is 0 Å². The molecule has 1 amide bonds. The molecule has 0 bridgehead atoms. The Kier molecular flexibility index (Phi) is 4.33. The van der Waals surface area contributed by atoms with E-state index in [-0.39, 0.29) is 11.3 Å². The largest absolute Gasteiger partial charge is 0.342 e. The summed E-state index contributed by atoms with van der Waals surface area (Å²) in [6.45, 7) is 7.14. The van der Waals surface area contributed by atoms with Gasteiger partial charge in [-0.1, -0.05) is 12.5 Å². The van der Waals surface area contributed by atoms with Gasteiger partial charge in [0.1, 0.15) is 0 Å². The Morgan fingerprint density at radius 3 is 2.83 bits per heavy atom. The van der Waals surface area contributed by atoms with Crippen LogP contribution in [0.5, 0.6) is 0 Å². The Morgan fingerprint density at radius 2 is 2.04 bits per heavy atom. The number of hydrogen-bond donors (Lipinski definition) is 0. The minimum Gasteiger partial charge on any atom is -0.342 e. The molecule has 0 radical (unpaired) electrons. The Labute approximate surface area is 145 Å². The average Bonchev–Trinajstić information content (AvgIpc) is 3.30. The molecule has 3 aliphatic rings. The van der Waals surface area contributed by atoms with E-state index in [2.05, 4.69) is 39.9 Å². The molecule has 4 heteroatoms. The third-order valence-electron chi connectivity index (χ3n) is 6.42. The maximum absolute atomic E-state index is 13.0. The van der Waals surface area contributed by atoms with Crippen LogP contribution in [0.2, 0.25) is 0 Å². The van der Waals surface area contributed by atoms with Crippen LogP contribution in [0.1, 0.15) is 49.9 Å². The lowest BCUT2D eigenvalue weighted by atomic mass is 9.76. The SMILES string of the molecule is Cc1cccc(CN2CC[C@]3(CCC[C@@H]3C(=O)N3CCCC3)C2)n1. The molecule has 130 valence electrons. The van der Waals surface area contributed by atoms with E-state index >= 15 is 0 Å². The minimum absolute atomic E-state index is 0.240. The molecule has 1 aromatic rings. The first-order valence-corrected chi connectivity index (χ1v) is 9.60. The highest BCUT2D eigenvalue weighted by Crippen LogP contribution is 2.50. The van der Waals surface area contributed by atoms with Crippen LogP contribution in [-0.4, -0.2) is 46.9 Å². The molecule has 4 rings (SSSR count). The maximum atomic E-state index is 13.0. The fourth-order valence-electron chi connectivity index (χ4n) is 5.21. The molecule has 0 aromatic carbocycles. The van der Waals surface area contributed by atoms with E-state index in [4.69, 9.17) is 0 Å². The lowest BCUT2D eigenvalue weighted by Crippen LogP contribution is -2.42. The Hall–Kier alpha value is -1.42. The van der Waals surface area contributed by atoms with E-state index in [0.29, 0.717) is 5.91 Å². The zero-order valence-electron chi connectivity index (χ0n) is 14.8. The lowest BCUT2D eigenvalue weighted by Gasteiger charge is -2.33. The van der Waals surface area contributed by atoms with Crippen molar-refractivity contribution in [2.45, 2.75) is 52.0 Å². The fraction of sp³-hybridized carbons (Fsp3) is 0.700. The molecular formula is C20H29N3O. The molecule has 24 heavy (non-hydrogen) atoms. The van der Waals surface area contributed by atoms with Crippen molar-refractivity contribution in [3.63, 3.8) is 0 Å². The second-order valence-electron chi connectivity index (χ2n) is 8.07. The van der Waals surface area contributed by atoms with Gasteiger partial charge in [-0.25, -0.2) is 0 Å². The van der Waals surface area contributed by atoms with Crippen molar-refractivity contribution in [3.05, 3.63) is 29.6 Å². The molecular weight excluding hydrogens is 298 g/mol. The highest BCUT2D eigenvalue weighted by Gasteiger charge is 2.51. The van der Waals surface area contributed by atoms with Crippen LogP contribution >= 0.6 is 0 Å². The van der Waals surface area contributed by atoms with Crippen LogP contribution in [-0.2, 0) is 11.3 Å². The fourth-order valence-corrected chi connectivity index (χ4v) is 5.21. The van der Waals surface area contributed by atoms with Crippen LogP contribution in [0.25, 0.3) is 0 Å². The van der Waals surface area contributed by atoms with E-state index in [1.165, 1.54) is 32.1 Å². The first-order chi connectivity index (χ1) is 11.7. The van der Waals surface area contributed by atoms with Gasteiger partial charge in [0.15, 0.2) is 0 Å². The number of aromatic nitrogens is 1. The summed E-state index contributed by atoms with van der Waals surface area (Å²) in [5.41, 5.74) is 2.49. The summed E-state index contributed by atoms with van der Waals surface area (Å²) in [5.74, 6) is 0.728. The molecule has 0 unspecified atom stereocenters. The first-order valence-electron chi connectivity index (χ1n) is 9.60. The van der Waals surface area contributed by atoms with Crippen molar-refractivity contribution >= 4 is 5.91 Å². The number of rotatable bonds is 3. The van der Waals surface area contributed by atoms with E-state index in [1.807, 2.05) is 0 Å². The zero-order chi connectivity index (χ0) is 16.6. The van der Waals surface area contributed by atoms with Gasteiger partial charge in [0.2, 0.25) is 5.91 Å². The predicted molar refractivity (Wildman–Crippen MR) is 94.5 cm³/mol. The number of carbonyl (C=O) groups is 1. The predicted octanol–water partition coefficient (Wildman–Crippen LogP) is 3.00. The maximum Gasteiger partial charge on any atom is 0.226 e. The first kappa shape index (κ1) is 16.1. The minimum atomic E-state index is 0.240. The third-order valence-corrected chi connectivity index (χ3v) is 6.42. The standard InChI is InChI=1S/C20H29N3O/c1-16-6-4-7-17(21-16)14-22-13-10-20(15-22)9-5-8-18(20)19(24)23-11-2-3-12-23/h4,6-7,18H,2-3,5,8-15H2,1H3/t18-,20-/m1/s1. The third kappa shape index (κ3) is 2.97. The van der Waals surface area contributed by atoms with Gasteiger partial charge in [0.05, 0.1) is 5.69 Å². The van der Waals surface area contributed by atoms with Crippen LogP contribution in [0.15, 0.2) is 18.2 Å². The topological polar surface area (TPSA) is 36.4 Å². The quantitative estimate of drug-likeness (QED) is 0.856. The molecule has 2 saturated heterocycles. The highest BCUT2D eigenvalue weighted by molar-refractivity contribution is 5.80. The van der Waals surface area contributed by atoms with Gasteiger partial charge in [0, 0.05) is 37.8 Å². The molecule has 0 N–H and O–H groups in total. The normalized spacial score (nSPS) is 30.5. The number of aryl methyl sites for hydroxylation is 1. The highest BCUT2D eigenvalue weighted by atomic mass is 16.2. The van der Waals surface area contributed by atoms with Crippen molar-refractivity contribution in [3.8, 4) is 0 Å². The van der Waals surface area contributed by atoms with Gasteiger partial charge in [0.25, 0.3) is 0 Å². The van der Waals surface area contributed by atoms with Gasteiger partial charge in [-0.3, -0.25) is 14.7 Å². The van der Waals surface area contributed by atoms with E-state index in [0.717, 1.165) is 50.5 Å². The average molecular weight is 327 g/mol. The van der Waals surface area contributed by atoms with Crippen LogP contribution in [0.4, 0.5) is 0 Å². The van der Waals surface area contributed by atoms with Crippen molar-refractivity contribution in [1.82, 2.24) is 14.8 Å². The summed E-state index contributed by atoms with van der Waals surface area (Å²) in [6, 6.07) is 6.27. The summed E-state index contributed by atoms with van der Waals surface area (Å²) in [6.07, 6.45) is 7.12. The van der Waals surface area contributed by atoms with Gasteiger partial charge in [-0.05, 0) is 63.1 Å². The molecule has 2 aliphatic heterocycles. The monoisotopic (exact) mass is 327 g/mol. The van der Waals surface area contributed by atoms with Gasteiger partial charge < -0.3 is 4.90 Å². The van der Waals surface area contributed by atoms with Gasteiger partial charge in [-0.2, -0.15) is 0 Å². The van der Waals surface area contributed by atoms with Crippen LogP contribution in [0, 0.1) is 18.3 Å². The summed E-state index contributed by atoms with van der Waals surface area (Å²) >= 11 is 0. The van der Waals surface area contributed by atoms with Crippen molar-refractivity contribution in [2.75, 3.05) is 26.2 Å². The van der Waals surface area contributed by atoms with E-state index < -0.39 is 0 Å². The number of nitrogens with zero attached hydrogens (tertiary/aromatic N) is 3. The molecule has 1 aliphatic carbocycles. The number of carbonyl (C=O) groups excluding carboxylic acids is 1. The molecule has 2 atom stereocenters. The summed E-state index contributed by atoms with van der Waals surface area (Å²) in [7, 11) is 0. The molecule has 3 heterocycles. The van der Waals surface area contributed by atoms with Crippen molar-refractivity contribution in [2.24, 2.45) is 11.3 Å². The molecule has 1 spiro atoms. The summed E-state index contributed by atoms with van der Waals surface area (Å²) in [5, 5.41) is 0. The van der Waals surface area contributed by atoms with Crippen LogP contribution in [0.3, 0.4) is 0 Å². The Morgan fingerprint density at radius 1 is 1.21 bits per heavy atom. The number of pyridine rings is 1. The second-order valence-corrected chi connectivity index (χ2v) is 8.07. The van der Waals surface area contributed by atoms with Gasteiger partial charge in [-0.15, -0.1) is 0 Å². The second kappa shape index (κ2) is 6.47. The van der Waals surface area contributed by atoms with Crippen LogP contribution < -0.4 is 0 Å². The zero-order valence-corrected chi connectivity index (χ0v) is 14.8. The van der Waals surface area contributed by atoms with E-state index in [9.17, 15) is 4.79 Å². The molecule has 3 fully saturated rings.